The Morgan fingerprint density at radius 2 is 1.69 bits per heavy atom. The average molecular weight is 232 g/mol. The van der Waals surface area contributed by atoms with Gasteiger partial charge in [0.05, 0.1) is 0 Å². The van der Waals surface area contributed by atoms with E-state index in [2.05, 4.69) is 4.84 Å². The van der Waals surface area contributed by atoms with Gasteiger partial charge in [0.1, 0.15) is 5.60 Å². The number of carbonyl (C=O) groups excluding carboxylic acids is 2. The van der Waals surface area contributed by atoms with Crippen LogP contribution in [-0.4, -0.2) is 35.8 Å². The van der Waals surface area contributed by atoms with Crippen LogP contribution in [0.2, 0.25) is 0 Å². The van der Waals surface area contributed by atoms with Crippen molar-refractivity contribution in [3.05, 3.63) is 0 Å². The van der Waals surface area contributed by atoms with Crippen molar-refractivity contribution in [2.24, 2.45) is 0 Å². The molecule has 0 aromatic heterocycles. The Balaban J connectivity index is 3.97. The monoisotopic (exact) mass is 232 g/mol. The highest BCUT2D eigenvalue weighted by Gasteiger charge is 2.18. The third-order valence-electron chi connectivity index (χ3n) is 1.64. The first-order valence-electron chi connectivity index (χ1n) is 5.25. The molecule has 0 bridgehead atoms. The number of rotatable bonds is 2. The third-order valence-corrected chi connectivity index (χ3v) is 1.64. The van der Waals surface area contributed by atoms with E-state index in [0.29, 0.717) is 13.1 Å². The zero-order chi connectivity index (χ0) is 12.8. The Kier molecular flexibility index (Phi) is 5.63. The van der Waals surface area contributed by atoms with Crippen LogP contribution < -0.4 is 5.48 Å². The van der Waals surface area contributed by atoms with Gasteiger partial charge >= 0.3 is 12.2 Å². The molecule has 0 aromatic rings. The Morgan fingerprint density at radius 3 is 2.06 bits per heavy atom. The van der Waals surface area contributed by atoms with Crippen molar-refractivity contribution in [3.63, 3.8) is 0 Å². The summed E-state index contributed by atoms with van der Waals surface area (Å²) < 4.78 is 4.89. The van der Waals surface area contributed by atoms with Crippen LogP contribution in [0.15, 0.2) is 0 Å². The van der Waals surface area contributed by atoms with E-state index in [4.69, 9.17) is 4.74 Å². The fourth-order valence-electron chi connectivity index (χ4n) is 0.931. The molecule has 1 N–H and O–H groups in total. The van der Waals surface area contributed by atoms with Crippen molar-refractivity contribution in [1.29, 1.82) is 0 Å². The van der Waals surface area contributed by atoms with Crippen molar-refractivity contribution < 1.29 is 19.2 Å². The Hall–Kier alpha value is -1.46. The SMILES string of the molecule is CCN(CC)C(=O)ONC(=O)OC(C)(C)C. The second-order valence-corrected chi connectivity index (χ2v) is 4.14. The van der Waals surface area contributed by atoms with Gasteiger partial charge in [0.15, 0.2) is 0 Å². The lowest BCUT2D eigenvalue weighted by molar-refractivity contribution is 0.00657. The molecule has 6 nitrogen and oxygen atoms in total. The topological polar surface area (TPSA) is 67.9 Å². The highest BCUT2D eigenvalue weighted by atomic mass is 16.7. The Bertz CT molecular complexity index is 244. The molecule has 0 saturated carbocycles. The minimum atomic E-state index is -0.784. The van der Waals surface area contributed by atoms with Crippen LogP contribution in [-0.2, 0) is 9.57 Å². The summed E-state index contributed by atoms with van der Waals surface area (Å²) in [6, 6.07) is 0. The second kappa shape index (κ2) is 6.19. The highest BCUT2D eigenvalue weighted by molar-refractivity contribution is 5.72. The largest absolute Gasteiger partial charge is 0.442 e. The van der Waals surface area contributed by atoms with Crippen LogP contribution >= 0.6 is 0 Å². The van der Waals surface area contributed by atoms with Gasteiger partial charge in [-0.25, -0.2) is 9.59 Å². The molecule has 94 valence electrons. The number of hydrogen-bond acceptors (Lipinski definition) is 4. The number of hydrogen-bond donors (Lipinski definition) is 1. The lowest BCUT2D eigenvalue weighted by Gasteiger charge is -2.21. The molecule has 0 aliphatic carbocycles. The predicted octanol–water partition coefficient (Wildman–Crippen LogP) is 1.90. The molecule has 0 unspecified atom stereocenters. The summed E-state index contributed by atoms with van der Waals surface area (Å²) in [7, 11) is 0. The number of hydroxylamine groups is 1. The van der Waals surface area contributed by atoms with Crippen molar-refractivity contribution in [3.8, 4) is 0 Å². The molecular weight excluding hydrogens is 212 g/mol. The maximum absolute atomic E-state index is 11.3. The molecule has 0 atom stereocenters. The van der Waals surface area contributed by atoms with Crippen molar-refractivity contribution in [2.45, 2.75) is 40.2 Å². The van der Waals surface area contributed by atoms with Gasteiger partial charge < -0.3 is 14.5 Å². The summed E-state index contributed by atoms with van der Waals surface area (Å²) in [5.74, 6) is 0. The van der Waals surface area contributed by atoms with Crippen molar-refractivity contribution in [2.75, 3.05) is 13.1 Å². The third kappa shape index (κ3) is 6.10. The van der Waals surface area contributed by atoms with Gasteiger partial charge in [0.25, 0.3) is 0 Å². The van der Waals surface area contributed by atoms with Crippen LogP contribution in [0.3, 0.4) is 0 Å². The molecule has 0 aliphatic rings. The summed E-state index contributed by atoms with van der Waals surface area (Å²) in [6.07, 6.45) is -1.39. The number of nitrogens with zero attached hydrogens (tertiary/aromatic N) is 1. The lowest BCUT2D eigenvalue weighted by Crippen LogP contribution is -2.39. The zero-order valence-corrected chi connectivity index (χ0v) is 10.5. The molecule has 16 heavy (non-hydrogen) atoms. The van der Waals surface area contributed by atoms with Gasteiger partial charge in [-0.05, 0) is 34.6 Å². The summed E-state index contributed by atoms with van der Waals surface area (Å²) in [5.41, 5.74) is 1.32. The van der Waals surface area contributed by atoms with Crippen molar-refractivity contribution >= 4 is 12.2 Å². The second-order valence-electron chi connectivity index (χ2n) is 4.14. The molecule has 0 rings (SSSR count). The van der Waals surface area contributed by atoms with E-state index in [1.54, 1.807) is 20.8 Å². The van der Waals surface area contributed by atoms with E-state index in [1.807, 2.05) is 19.3 Å². The van der Waals surface area contributed by atoms with Gasteiger partial charge in [-0.1, -0.05) is 0 Å². The Morgan fingerprint density at radius 1 is 1.19 bits per heavy atom. The van der Waals surface area contributed by atoms with Crippen LogP contribution in [0, 0.1) is 0 Å². The molecule has 2 amide bonds. The van der Waals surface area contributed by atoms with Gasteiger partial charge in [-0.2, -0.15) is 0 Å². The van der Waals surface area contributed by atoms with E-state index in [9.17, 15) is 9.59 Å². The van der Waals surface area contributed by atoms with E-state index in [1.165, 1.54) is 4.90 Å². The minimum absolute atomic E-state index is 0.519. The van der Waals surface area contributed by atoms with Gasteiger partial charge in [0, 0.05) is 13.1 Å². The van der Waals surface area contributed by atoms with E-state index >= 15 is 0 Å². The number of carbonyl (C=O) groups is 2. The van der Waals surface area contributed by atoms with Crippen molar-refractivity contribution in [1.82, 2.24) is 10.4 Å². The number of ether oxygens (including phenoxy) is 1. The standard InChI is InChI=1S/C10H20N2O4/c1-6-12(7-2)9(14)16-11-8(13)15-10(3,4)5/h6-7H2,1-5H3,(H,11,13). The number of nitrogens with one attached hydrogen (secondary N) is 1. The molecule has 0 spiro atoms. The lowest BCUT2D eigenvalue weighted by atomic mass is 10.2. The smallest absolute Gasteiger partial charge is 0.441 e. The molecule has 0 aromatic carbocycles. The normalized spacial score (nSPS) is 10.6. The molecular formula is C10H20N2O4. The summed E-state index contributed by atoms with van der Waals surface area (Å²) in [4.78, 5) is 28.4. The van der Waals surface area contributed by atoms with E-state index in [-0.39, 0.29) is 0 Å². The number of amides is 2. The Labute approximate surface area is 95.8 Å². The van der Waals surface area contributed by atoms with E-state index < -0.39 is 17.8 Å². The van der Waals surface area contributed by atoms with Gasteiger partial charge in [-0.3, -0.25) is 0 Å². The van der Waals surface area contributed by atoms with Crippen LogP contribution in [0.4, 0.5) is 9.59 Å². The maximum atomic E-state index is 11.3. The maximum Gasteiger partial charge on any atom is 0.441 e. The first-order chi connectivity index (χ1) is 7.30. The first kappa shape index (κ1) is 14.5. The first-order valence-corrected chi connectivity index (χ1v) is 5.25. The molecule has 0 heterocycles. The fraction of sp³-hybridized carbons (Fsp3) is 0.800. The minimum Gasteiger partial charge on any atom is -0.442 e. The average Bonchev–Trinajstić information content (AvgIpc) is 2.14. The van der Waals surface area contributed by atoms with Gasteiger partial charge in [0.2, 0.25) is 0 Å². The van der Waals surface area contributed by atoms with Gasteiger partial charge in [-0.15, -0.1) is 5.48 Å². The predicted molar refractivity (Wildman–Crippen MR) is 58.8 cm³/mol. The molecule has 0 aliphatic heterocycles. The molecule has 0 radical (unpaired) electrons. The molecule has 0 saturated heterocycles. The molecule has 0 fully saturated rings. The quantitative estimate of drug-likeness (QED) is 0.738. The van der Waals surface area contributed by atoms with Crippen LogP contribution in [0.25, 0.3) is 0 Å². The summed E-state index contributed by atoms with van der Waals surface area (Å²) in [5, 5.41) is 0. The zero-order valence-electron chi connectivity index (χ0n) is 10.5. The fourth-order valence-corrected chi connectivity index (χ4v) is 0.931. The highest BCUT2D eigenvalue weighted by Crippen LogP contribution is 2.06. The summed E-state index contributed by atoms with van der Waals surface area (Å²) in [6.45, 7) is 9.84. The van der Waals surface area contributed by atoms with Crippen LogP contribution in [0.5, 0.6) is 0 Å². The van der Waals surface area contributed by atoms with E-state index in [0.717, 1.165) is 0 Å². The van der Waals surface area contributed by atoms with Crippen LogP contribution in [0.1, 0.15) is 34.6 Å². The summed E-state index contributed by atoms with van der Waals surface area (Å²) >= 11 is 0. The molecule has 6 heteroatoms.